The Labute approximate surface area is 259 Å². The van der Waals surface area contributed by atoms with Gasteiger partial charge in [-0.25, -0.2) is 30.7 Å². The Morgan fingerprint density at radius 3 is 1.74 bits per heavy atom. The summed E-state index contributed by atoms with van der Waals surface area (Å²) >= 11 is 0. The zero-order valence-corrected chi connectivity index (χ0v) is 23.9. The Hall–Kier alpha value is -4.80. The number of hydrogen-bond acceptors (Lipinski definition) is 2. The number of ether oxygens (including phenoxy) is 2. The van der Waals surface area contributed by atoms with Crippen LogP contribution < -0.4 is 9.47 Å². The van der Waals surface area contributed by atoms with Crippen molar-refractivity contribution in [2.45, 2.75) is 45.1 Å². The van der Waals surface area contributed by atoms with Crippen LogP contribution in [-0.4, -0.2) is 6.36 Å². The van der Waals surface area contributed by atoms with Crippen molar-refractivity contribution in [3.63, 3.8) is 0 Å². The van der Waals surface area contributed by atoms with Gasteiger partial charge in [0.1, 0.15) is 34.8 Å². The van der Waals surface area contributed by atoms with Crippen LogP contribution in [0.15, 0.2) is 54.6 Å². The predicted molar refractivity (Wildman–Crippen MR) is 145 cm³/mol. The van der Waals surface area contributed by atoms with Crippen LogP contribution in [0, 0.1) is 52.6 Å². The lowest BCUT2D eigenvalue weighted by molar-refractivity contribution is -0.276. The molecule has 47 heavy (non-hydrogen) atoms. The molecule has 2 nitrogen and oxygen atoms in total. The van der Waals surface area contributed by atoms with E-state index in [9.17, 15) is 52.7 Å². The fourth-order valence-corrected chi connectivity index (χ4v) is 4.43. The third-order valence-corrected chi connectivity index (χ3v) is 6.56. The molecule has 0 amide bonds. The van der Waals surface area contributed by atoms with Crippen LogP contribution in [0.4, 0.5) is 52.7 Å². The second-order valence-electron chi connectivity index (χ2n) is 10.0. The molecular weight excluding hydrogens is 656 g/mol. The van der Waals surface area contributed by atoms with Crippen molar-refractivity contribution in [1.82, 2.24) is 0 Å². The van der Waals surface area contributed by atoms with Crippen molar-refractivity contribution in [1.29, 1.82) is 0 Å². The number of halogens is 12. The second-order valence-corrected chi connectivity index (χ2v) is 10.0. The lowest BCUT2D eigenvalue weighted by atomic mass is 10.0. The Morgan fingerprint density at radius 2 is 1.21 bits per heavy atom. The molecule has 0 saturated heterocycles. The van der Waals surface area contributed by atoms with E-state index in [0.29, 0.717) is 54.8 Å². The van der Waals surface area contributed by atoms with Crippen molar-refractivity contribution >= 4 is 0 Å². The minimum absolute atomic E-state index is 0.294. The molecule has 0 spiro atoms. The molecule has 0 atom stereocenters. The van der Waals surface area contributed by atoms with E-state index in [1.165, 1.54) is 6.07 Å². The van der Waals surface area contributed by atoms with Crippen LogP contribution in [-0.2, 0) is 12.5 Å². The maximum Gasteiger partial charge on any atom is 0.573 e. The van der Waals surface area contributed by atoms with Gasteiger partial charge < -0.3 is 9.47 Å². The summed E-state index contributed by atoms with van der Waals surface area (Å²) in [6, 6.07) is 5.00. The normalized spacial score (nSPS) is 11.7. The maximum absolute atomic E-state index is 14.9. The SMILES string of the molecule is CCCCCc1ccc(C(F)(F)Oc2cc(F)c(-c3cc(F)c(C#Cc4cc(F)c(OC(F)(F)F)c(F)c4)c(F)c3)c(F)c2)c(F)c1. The largest absolute Gasteiger partial charge is 0.573 e. The van der Waals surface area contributed by atoms with Crippen LogP contribution in [0.5, 0.6) is 11.5 Å². The van der Waals surface area contributed by atoms with Gasteiger partial charge in [0, 0.05) is 17.7 Å². The van der Waals surface area contributed by atoms with E-state index < -0.39 is 92.5 Å². The molecule has 0 radical (unpaired) electrons. The van der Waals surface area contributed by atoms with Gasteiger partial charge in [0.2, 0.25) is 5.75 Å². The molecular formula is C33H20F12O2. The quantitative estimate of drug-likeness (QED) is 0.0998. The number of benzene rings is 4. The number of alkyl halides is 5. The lowest BCUT2D eigenvalue weighted by Gasteiger charge is -2.20. The minimum Gasteiger partial charge on any atom is -0.429 e. The molecule has 4 aromatic carbocycles. The Balaban J connectivity index is 1.58. The molecule has 0 bridgehead atoms. The highest BCUT2D eigenvalue weighted by molar-refractivity contribution is 5.67. The molecule has 0 unspecified atom stereocenters. The average Bonchev–Trinajstić information content (AvgIpc) is 2.93. The third-order valence-electron chi connectivity index (χ3n) is 6.56. The van der Waals surface area contributed by atoms with E-state index in [4.69, 9.17) is 0 Å². The Bertz CT molecular complexity index is 1790. The first-order valence-electron chi connectivity index (χ1n) is 13.6. The molecule has 0 aliphatic carbocycles. The van der Waals surface area contributed by atoms with E-state index in [1.54, 1.807) is 0 Å². The van der Waals surface area contributed by atoms with Gasteiger partial charge in [-0.2, -0.15) is 8.78 Å². The van der Waals surface area contributed by atoms with E-state index in [-0.39, 0.29) is 0 Å². The molecule has 0 heterocycles. The van der Waals surface area contributed by atoms with Crippen molar-refractivity contribution in [2.75, 3.05) is 0 Å². The summed E-state index contributed by atoms with van der Waals surface area (Å²) in [6.45, 7) is 1.95. The molecule has 0 fully saturated rings. The zero-order valence-electron chi connectivity index (χ0n) is 23.9. The Kier molecular flexibility index (Phi) is 10.4. The summed E-state index contributed by atoms with van der Waals surface area (Å²) < 4.78 is 176. The van der Waals surface area contributed by atoms with Crippen molar-refractivity contribution < 1.29 is 62.2 Å². The first-order chi connectivity index (χ1) is 22.0. The smallest absolute Gasteiger partial charge is 0.429 e. The van der Waals surface area contributed by atoms with Gasteiger partial charge in [0.25, 0.3) is 0 Å². The van der Waals surface area contributed by atoms with Gasteiger partial charge in [0.15, 0.2) is 11.6 Å². The van der Waals surface area contributed by atoms with E-state index >= 15 is 0 Å². The highest BCUT2D eigenvalue weighted by Crippen LogP contribution is 2.37. The summed E-state index contributed by atoms with van der Waals surface area (Å²) in [4.78, 5) is 0. The summed E-state index contributed by atoms with van der Waals surface area (Å²) in [6.07, 6.45) is -6.89. The molecule has 0 aromatic heterocycles. The fourth-order valence-electron chi connectivity index (χ4n) is 4.43. The summed E-state index contributed by atoms with van der Waals surface area (Å²) in [5.41, 5.74) is -4.25. The van der Waals surface area contributed by atoms with E-state index in [1.807, 2.05) is 18.8 Å². The van der Waals surface area contributed by atoms with Crippen LogP contribution in [0.25, 0.3) is 11.1 Å². The van der Waals surface area contributed by atoms with Gasteiger partial charge in [-0.05, 0) is 60.4 Å². The lowest BCUT2D eigenvalue weighted by Crippen LogP contribution is -2.23. The summed E-state index contributed by atoms with van der Waals surface area (Å²) in [5, 5.41) is 0. The van der Waals surface area contributed by atoms with Crippen LogP contribution >= 0.6 is 0 Å². The van der Waals surface area contributed by atoms with Crippen LogP contribution in [0.3, 0.4) is 0 Å². The number of unbranched alkanes of at least 4 members (excludes halogenated alkanes) is 2. The van der Waals surface area contributed by atoms with E-state index in [0.717, 1.165) is 25.0 Å². The molecule has 0 saturated carbocycles. The topological polar surface area (TPSA) is 18.5 Å². The second kappa shape index (κ2) is 13.9. The van der Waals surface area contributed by atoms with Crippen molar-refractivity contribution in [3.05, 3.63) is 118 Å². The molecule has 4 aromatic rings. The molecule has 248 valence electrons. The van der Waals surface area contributed by atoms with Gasteiger partial charge in [0.05, 0.1) is 16.7 Å². The summed E-state index contributed by atoms with van der Waals surface area (Å²) in [5.74, 6) is -10.2. The highest BCUT2D eigenvalue weighted by atomic mass is 19.4. The number of aryl methyl sites for hydroxylation is 1. The summed E-state index contributed by atoms with van der Waals surface area (Å²) in [7, 11) is 0. The molecule has 14 heteroatoms. The predicted octanol–water partition coefficient (Wildman–Crippen LogP) is 10.5. The van der Waals surface area contributed by atoms with Crippen molar-refractivity contribution in [3.8, 4) is 34.5 Å². The molecule has 0 N–H and O–H groups in total. The molecule has 0 aliphatic heterocycles. The average molecular weight is 676 g/mol. The highest BCUT2D eigenvalue weighted by Gasteiger charge is 2.38. The molecule has 0 aliphatic rings. The monoisotopic (exact) mass is 676 g/mol. The van der Waals surface area contributed by atoms with Gasteiger partial charge in [-0.3, -0.25) is 0 Å². The first-order valence-corrected chi connectivity index (χ1v) is 13.6. The van der Waals surface area contributed by atoms with Gasteiger partial charge in [-0.1, -0.05) is 37.7 Å². The zero-order chi connectivity index (χ0) is 34.7. The molecule has 4 rings (SSSR count). The maximum atomic E-state index is 14.9. The van der Waals surface area contributed by atoms with E-state index in [2.05, 4.69) is 9.47 Å². The number of hydrogen-bond donors (Lipinski definition) is 0. The van der Waals surface area contributed by atoms with Gasteiger partial charge in [-0.15, -0.1) is 13.2 Å². The standard InChI is InChI=1S/C33H20F12O2/c1-2-3-4-5-17-7-9-22(25(36)10-17)32(41,42)46-20-15-26(37)30(27(38)16-20)19-13-23(34)21(24(35)14-19)8-6-18-11-28(39)31(29(40)12-18)47-33(43,44)45/h7,9-16H,2-5H2,1H3. The van der Waals surface area contributed by atoms with Crippen LogP contribution in [0.2, 0.25) is 0 Å². The van der Waals surface area contributed by atoms with Crippen LogP contribution in [0.1, 0.15) is 48.4 Å². The number of rotatable bonds is 9. The first kappa shape index (κ1) is 35.1. The fraction of sp³-hybridized carbons (Fsp3) is 0.212. The third kappa shape index (κ3) is 8.52. The van der Waals surface area contributed by atoms with Crippen molar-refractivity contribution in [2.24, 2.45) is 0 Å². The minimum atomic E-state index is -5.42. The Morgan fingerprint density at radius 1 is 0.617 bits per heavy atom. The van der Waals surface area contributed by atoms with Gasteiger partial charge >= 0.3 is 12.5 Å².